The standard InChI is InChI=1S/C71H97FN18O14S3/c1-47-65(48-9-8-10-54(37-48)107(97,98)85(2)3)55-38-49(15-17-58(55)88(47)40-50(72)19-20-73)68(93)76-51-16-18-59-60(39-51)90(44-53-42-87(84-82-53)24-28-102-32-36-104-34-30-100-26-22-75-64(92)14-7-5-12-62-67-57(46-106-62)78-70(95)80-67)71(96)89(59)43-52-41-86(83-81-52)23-27-101-31-35-103-33-29-99-25-21-74-63(91)13-6-4-11-61-66-56(45-105-61)77-69(94)79-66/h8-10,15-19,37-39,41-42,56-57,61-62,66-67H,4-7,11-14,20-36,40,43-46,73H2,1-3H3,(H,74,91)(H,75,92)(H,76,93)(H2,77,79,94)(H2,78,80,95)/b50-19-/t56-,57-,61-,62-,66-,67-/m0/s1. The molecule has 0 unspecified atom stereocenters. The lowest BCUT2D eigenvalue weighted by atomic mass is 10.0. The predicted octanol–water partition coefficient (Wildman–Crippen LogP) is 4.11. The fraction of sp³-hybridized carbons (Fsp3) is 0.549. The van der Waals surface area contributed by atoms with E-state index in [4.69, 9.17) is 34.2 Å². The highest BCUT2D eigenvalue weighted by Gasteiger charge is 2.44. The number of nitrogens with two attached hydrogens (primary N) is 1. The van der Waals surface area contributed by atoms with E-state index in [1.54, 1.807) is 90.1 Å². The van der Waals surface area contributed by atoms with Gasteiger partial charge in [-0.3, -0.25) is 23.5 Å². The molecule has 8 heterocycles. The molecule has 3 aromatic carbocycles. The van der Waals surface area contributed by atoms with Crippen molar-refractivity contribution < 1.29 is 65.2 Å². The zero-order valence-corrected chi connectivity index (χ0v) is 63.0. The number of nitrogens with one attached hydrogen (secondary N) is 7. The molecule has 4 saturated heterocycles. The van der Waals surface area contributed by atoms with Crippen LogP contribution in [0, 0.1) is 6.92 Å². The van der Waals surface area contributed by atoms with Gasteiger partial charge in [-0.25, -0.2) is 40.9 Å². The molecule has 0 spiro atoms. The summed E-state index contributed by atoms with van der Waals surface area (Å²) in [6.07, 6.45) is 11.0. The molecule has 6 atom stereocenters. The molecule has 7 amide bonds. The lowest BCUT2D eigenvalue weighted by molar-refractivity contribution is -0.122. The number of ether oxygens (including phenoxy) is 6. The number of carbonyl (C=O) groups excluding carboxylic acids is 5. The van der Waals surface area contributed by atoms with E-state index in [2.05, 4.69) is 57.8 Å². The Kier molecular flexibility index (Phi) is 29.2. The molecule has 0 aliphatic carbocycles. The Balaban J connectivity index is 0.654. The number of fused-ring (bicyclic) bond motifs is 4. The SMILES string of the molecule is Cc1c(-c2cccc(S(=O)(=O)N(C)C)c2)c2cc(C(=O)Nc3ccc4c(c3)n(Cc3cn(CCOCCOCCOCCNC(=O)CCCC[C@@H]5SC[C@@H]6NC(=O)N[C@@H]65)nn3)c(=O)n4Cc3cn(CCOCCOCCOCCNC(=O)CCCC[C@@H]4SC[C@@H]5NC(=O)N[C@@H]54)nn3)ccc2n1C/C(F)=C/CN. The van der Waals surface area contributed by atoms with Gasteiger partial charge in [0.25, 0.3) is 5.91 Å². The van der Waals surface area contributed by atoms with Crippen LogP contribution >= 0.6 is 23.5 Å². The number of amides is 7. The van der Waals surface area contributed by atoms with Crippen LogP contribution in [0.4, 0.5) is 19.7 Å². The number of unbranched alkanes of at least 4 members (excludes halogenated alkanes) is 2. The highest BCUT2D eigenvalue weighted by atomic mass is 32.2. The number of sulfonamides is 1. The largest absolute Gasteiger partial charge is 0.377 e. The zero-order chi connectivity index (χ0) is 75.2. The zero-order valence-electron chi connectivity index (χ0n) is 60.6. The summed E-state index contributed by atoms with van der Waals surface area (Å²) in [5, 5.41) is 39.5. The number of benzene rings is 3. The molecule has 4 aromatic heterocycles. The Morgan fingerprint density at radius 2 is 1.17 bits per heavy atom. The first-order valence-corrected chi connectivity index (χ1v) is 39.8. The molecule has 36 heteroatoms. The van der Waals surface area contributed by atoms with Gasteiger partial charge in [-0.1, -0.05) is 35.4 Å². The van der Waals surface area contributed by atoms with E-state index in [1.165, 1.54) is 26.2 Å². The van der Waals surface area contributed by atoms with Crippen molar-refractivity contribution in [1.82, 2.24) is 79.9 Å². The van der Waals surface area contributed by atoms with Gasteiger partial charge in [-0.15, -0.1) is 10.2 Å². The van der Waals surface area contributed by atoms with Crippen LogP contribution in [0.25, 0.3) is 33.1 Å². The number of nitrogens with zero attached hydrogens (tertiary/aromatic N) is 10. The molecule has 4 aliphatic rings. The molecule has 11 rings (SSSR count). The molecule has 32 nitrogen and oxygen atoms in total. The first-order chi connectivity index (χ1) is 51.9. The molecule has 9 N–H and O–H groups in total. The van der Waals surface area contributed by atoms with E-state index in [0.717, 1.165) is 54.3 Å². The lowest BCUT2D eigenvalue weighted by Crippen LogP contribution is -2.36. The van der Waals surface area contributed by atoms with Gasteiger partial charge in [0.05, 0.1) is 164 Å². The molecule has 4 aliphatic heterocycles. The normalized spacial score (nSPS) is 18.5. The van der Waals surface area contributed by atoms with Crippen molar-refractivity contribution in [2.24, 2.45) is 5.73 Å². The van der Waals surface area contributed by atoms with Crippen LogP contribution in [0.5, 0.6) is 0 Å². The molecule has 4 fully saturated rings. The van der Waals surface area contributed by atoms with Crippen LogP contribution in [0.1, 0.15) is 78.8 Å². The Morgan fingerprint density at radius 3 is 1.71 bits per heavy atom. The molecule has 0 saturated carbocycles. The number of carbonyl (C=O) groups is 5. The number of hydrogen-bond acceptors (Lipinski definition) is 21. The highest BCUT2D eigenvalue weighted by molar-refractivity contribution is 8.00. The van der Waals surface area contributed by atoms with Crippen LogP contribution in [-0.4, -0.2) is 245 Å². The Labute approximate surface area is 628 Å². The highest BCUT2D eigenvalue weighted by Crippen LogP contribution is 2.38. The van der Waals surface area contributed by atoms with Crippen molar-refractivity contribution in [3.05, 3.63) is 118 Å². The minimum Gasteiger partial charge on any atom is -0.377 e. The topological polar surface area (TPSA) is 382 Å². The number of allylic oxidation sites excluding steroid dienone is 1. The van der Waals surface area contributed by atoms with E-state index in [-0.39, 0.29) is 84.7 Å². The average Bonchev–Trinajstić information content (AvgIpc) is 1.62. The number of thioether (sulfide) groups is 2. The first kappa shape index (κ1) is 79.7. The molecular formula is C71H97FN18O14S3. The summed E-state index contributed by atoms with van der Waals surface area (Å²) in [6, 6.07) is 17.2. The second kappa shape index (κ2) is 39.2. The average molecular weight is 1540 g/mol. The molecule has 7 aromatic rings. The second-order valence-electron chi connectivity index (χ2n) is 26.6. The minimum absolute atomic E-state index is 0.00501. The molecular weight excluding hydrogens is 1440 g/mol. The van der Waals surface area contributed by atoms with Crippen LogP contribution in [0.3, 0.4) is 0 Å². The summed E-state index contributed by atoms with van der Waals surface area (Å²) >= 11 is 3.75. The van der Waals surface area contributed by atoms with Gasteiger partial charge >= 0.3 is 17.8 Å². The number of anilines is 1. The monoisotopic (exact) mass is 1540 g/mol. The van der Waals surface area contributed by atoms with E-state index in [0.29, 0.717) is 185 Å². The number of hydrogen-bond donors (Lipinski definition) is 8. The van der Waals surface area contributed by atoms with E-state index in [9.17, 15) is 37.2 Å². The Bertz CT molecular complexity index is 4390. The van der Waals surface area contributed by atoms with Gasteiger partial charge in [0, 0.05) is 102 Å². The molecule has 0 bridgehead atoms. The van der Waals surface area contributed by atoms with Crippen LogP contribution in [-0.2, 0) is 80.8 Å². The van der Waals surface area contributed by atoms with Crippen molar-refractivity contribution in [3.63, 3.8) is 0 Å². The first-order valence-electron chi connectivity index (χ1n) is 36.3. The summed E-state index contributed by atoms with van der Waals surface area (Å²) in [5.74, 6) is 0.864. The van der Waals surface area contributed by atoms with Crippen molar-refractivity contribution in [2.75, 3.05) is 130 Å². The Hall–Kier alpha value is -8.30. The third-order valence-electron chi connectivity index (χ3n) is 18.9. The van der Waals surface area contributed by atoms with E-state index >= 15 is 4.39 Å². The summed E-state index contributed by atoms with van der Waals surface area (Å²) in [6.45, 7) is 7.36. The van der Waals surface area contributed by atoms with Crippen LogP contribution < -0.4 is 48.6 Å². The van der Waals surface area contributed by atoms with Crippen molar-refractivity contribution in [3.8, 4) is 11.1 Å². The number of halogens is 1. The summed E-state index contributed by atoms with van der Waals surface area (Å²) < 4.78 is 85.5. The van der Waals surface area contributed by atoms with Gasteiger partial charge < -0.3 is 75.9 Å². The van der Waals surface area contributed by atoms with Gasteiger partial charge in [-0.2, -0.15) is 23.5 Å². The molecule has 580 valence electrons. The smallest absolute Gasteiger partial charge is 0.329 e. The molecule has 0 radical (unpaired) electrons. The number of rotatable bonds is 46. The van der Waals surface area contributed by atoms with Crippen molar-refractivity contribution in [1.29, 1.82) is 0 Å². The quantitative estimate of drug-likeness (QED) is 0.0196. The van der Waals surface area contributed by atoms with Crippen LogP contribution in [0.15, 0.2) is 94.7 Å². The third-order valence-corrected chi connectivity index (χ3v) is 23.8. The fourth-order valence-corrected chi connectivity index (χ4v) is 17.5. The Morgan fingerprint density at radius 1 is 0.645 bits per heavy atom. The maximum absolute atomic E-state index is 15.3. The van der Waals surface area contributed by atoms with Crippen molar-refractivity contribution >= 4 is 91.0 Å². The van der Waals surface area contributed by atoms with E-state index < -0.39 is 27.4 Å². The van der Waals surface area contributed by atoms with E-state index in [1.807, 2.05) is 30.4 Å². The predicted molar refractivity (Wildman–Crippen MR) is 402 cm³/mol. The summed E-state index contributed by atoms with van der Waals surface area (Å²) in [4.78, 5) is 77.2. The van der Waals surface area contributed by atoms with Crippen molar-refractivity contribution in [2.45, 2.75) is 131 Å². The maximum atomic E-state index is 15.3. The molecule has 107 heavy (non-hydrogen) atoms. The fourth-order valence-electron chi connectivity index (χ4n) is 13.5. The van der Waals surface area contributed by atoms with Gasteiger partial charge in [0.2, 0.25) is 21.8 Å². The lowest BCUT2D eigenvalue weighted by Gasteiger charge is -2.16. The number of imidazole rings is 1. The van der Waals surface area contributed by atoms with Gasteiger partial charge in [0.1, 0.15) is 17.2 Å². The maximum Gasteiger partial charge on any atom is 0.329 e. The summed E-state index contributed by atoms with van der Waals surface area (Å²) in [5.41, 5.74) is 10.3. The van der Waals surface area contributed by atoms with Crippen LogP contribution in [0.2, 0.25) is 0 Å². The van der Waals surface area contributed by atoms with Gasteiger partial charge in [0.15, 0.2) is 0 Å². The summed E-state index contributed by atoms with van der Waals surface area (Å²) in [7, 11) is -0.935. The number of aromatic nitrogens is 9. The second-order valence-corrected chi connectivity index (χ2v) is 31.3. The minimum atomic E-state index is -3.83. The van der Waals surface area contributed by atoms with Gasteiger partial charge in [-0.05, 0) is 92.8 Å². The number of urea groups is 2. The third kappa shape index (κ3) is 21.8.